The van der Waals surface area contributed by atoms with Crippen molar-refractivity contribution in [1.82, 2.24) is 0 Å². The molecule has 0 aliphatic heterocycles. The molecule has 0 heterocycles. The first-order chi connectivity index (χ1) is 6.69. The summed E-state index contributed by atoms with van der Waals surface area (Å²) in [6.45, 7) is 1.89. The van der Waals surface area contributed by atoms with Crippen molar-refractivity contribution >= 4 is 0 Å². The lowest BCUT2D eigenvalue weighted by molar-refractivity contribution is 0.182. The zero-order valence-corrected chi connectivity index (χ0v) is 8.32. The van der Waals surface area contributed by atoms with E-state index in [-0.39, 0.29) is 6.42 Å². The minimum atomic E-state index is -0.703. The van der Waals surface area contributed by atoms with Gasteiger partial charge >= 0.3 is 0 Å². The van der Waals surface area contributed by atoms with E-state index in [0.717, 1.165) is 16.9 Å². The highest BCUT2D eigenvalue weighted by atomic mass is 16.5. The lowest BCUT2D eigenvalue weighted by atomic mass is 10.0. The molecule has 3 nitrogen and oxygen atoms in total. The topological polar surface area (TPSA) is 53.2 Å². The van der Waals surface area contributed by atoms with E-state index in [1.165, 1.54) is 0 Å². The van der Waals surface area contributed by atoms with Crippen molar-refractivity contribution in [1.29, 1.82) is 5.26 Å². The highest BCUT2D eigenvalue weighted by molar-refractivity contribution is 5.36. The van der Waals surface area contributed by atoms with Gasteiger partial charge in [0, 0.05) is 0 Å². The summed E-state index contributed by atoms with van der Waals surface area (Å²) < 4.78 is 5.04. The lowest BCUT2D eigenvalue weighted by Crippen LogP contribution is -1.99. The standard InChI is InChI=1S/C11H13NO2/c1-8-7-9(14-2)3-4-10(8)11(13)5-6-12/h3-4,7,11,13H,5H2,1-2H3. The van der Waals surface area contributed by atoms with Crippen molar-refractivity contribution in [3.63, 3.8) is 0 Å². The fourth-order valence-electron chi connectivity index (χ4n) is 1.35. The second kappa shape index (κ2) is 4.64. The van der Waals surface area contributed by atoms with Gasteiger partial charge in [-0.3, -0.25) is 0 Å². The van der Waals surface area contributed by atoms with Gasteiger partial charge in [0.25, 0.3) is 0 Å². The fourth-order valence-corrected chi connectivity index (χ4v) is 1.35. The normalized spacial score (nSPS) is 11.9. The largest absolute Gasteiger partial charge is 0.497 e. The van der Waals surface area contributed by atoms with Crippen LogP contribution in [0.4, 0.5) is 0 Å². The summed E-state index contributed by atoms with van der Waals surface area (Å²) in [5.74, 6) is 0.760. The maximum Gasteiger partial charge on any atom is 0.119 e. The number of hydrogen-bond acceptors (Lipinski definition) is 3. The van der Waals surface area contributed by atoms with Crippen molar-refractivity contribution in [2.24, 2.45) is 0 Å². The number of rotatable bonds is 3. The number of aliphatic hydroxyl groups is 1. The van der Waals surface area contributed by atoms with Crippen LogP contribution in [0.3, 0.4) is 0 Å². The average Bonchev–Trinajstić information content (AvgIpc) is 2.17. The van der Waals surface area contributed by atoms with Crippen molar-refractivity contribution in [3.05, 3.63) is 29.3 Å². The maximum absolute atomic E-state index is 9.60. The monoisotopic (exact) mass is 191 g/mol. The van der Waals surface area contributed by atoms with Crippen LogP contribution < -0.4 is 4.74 Å². The molecule has 1 rings (SSSR count). The van der Waals surface area contributed by atoms with Crippen molar-refractivity contribution < 1.29 is 9.84 Å². The van der Waals surface area contributed by atoms with Gasteiger partial charge in [0.1, 0.15) is 5.75 Å². The van der Waals surface area contributed by atoms with Gasteiger partial charge in [-0.1, -0.05) is 6.07 Å². The van der Waals surface area contributed by atoms with E-state index >= 15 is 0 Å². The Balaban J connectivity index is 2.94. The van der Waals surface area contributed by atoms with E-state index in [0.29, 0.717) is 0 Å². The zero-order chi connectivity index (χ0) is 10.6. The first-order valence-corrected chi connectivity index (χ1v) is 4.38. The molecule has 0 aromatic heterocycles. The molecule has 3 heteroatoms. The van der Waals surface area contributed by atoms with Crippen LogP contribution in [0.1, 0.15) is 23.7 Å². The Morgan fingerprint density at radius 2 is 2.29 bits per heavy atom. The lowest BCUT2D eigenvalue weighted by Gasteiger charge is -2.11. The molecule has 0 saturated heterocycles. The molecule has 1 N–H and O–H groups in total. The van der Waals surface area contributed by atoms with Crippen molar-refractivity contribution in [2.45, 2.75) is 19.4 Å². The van der Waals surface area contributed by atoms with Gasteiger partial charge in [-0.2, -0.15) is 5.26 Å². The van der Waals surface area contributed by atoms with E-state index < -0.39 is 6.10 Å². The second-order valence-corrected chi connectivity index (χ2v) is 3.10. The molecule has 0 radical (unpaired) electrons. The SMILES string of the molecule is COc1ccc(C(O)CC#N)c(C)c1. The summed E-state index contributed by atoms with van der Waals surface area (Å²) in [5.41, 5.74) is 1.72. The number of benzene rings is 1. The molecule has 0 fully saturated rings. The van der Waals surface area contributed by atoms with E-state index in [1.54, 1.807) is 19.2 Å². The van der Waals surface area contributed by atoms with Crippen LogP contribution in [0, 0.1) is 18.3 Å². The highest BCUT2D eigenvalue weighted by Gasteiger charge is 2.09. The molecule has 1 unspecified atom stereocenters. The van der Waals surface area contributed by atoms with Crippen LogP contribution in [0.5, 0.6) is 5.75 Å². The van der Waals surface area contributed by atoms with Crippen LogP contribution in [-0.2, 0) is 0 Å². The molecule has 1 atom stereocenters. The summed E-state index contributed by atoms with van der Waals surface area (Å²) in [6, 6.07) is 7.35. The van der Waals surface area contributed by atoms with Gasteiger partial charge in [0.05, 0.1) is 25.7 Å². The number of ether oxygens (including phenoxy) is 1. The van der Waals surface area contributed by atoms with Gasteiger partial charge in [0.15, 0.2) is 0 Å². The number of nitrogens with zero attached hydrogens (tertiary/aromatic N) is 1. The number of aryl methyl sites for hydroxylation is 1. The van der Waals surface area contributed by atoms with Crippen LogP contribution in [0.2, 0.25) is 0 Å². The summed E-state index contributed by atoms with van der Waals surface area (Å²) >= 11 is 0. The minimum Gasteiger partial charge on any atom is -0.497 e. The summed E-state index contributed by atoms with van der Waals surface area (Å²) in [5, 5.41) is 18.1. The third kappa shape index (κ3) is 2.24. The smallest absolute Gasteiger partial charge is 0.119 e. The molecule has 0 saturated carbocycles. The number of methoxy groups -OCH3 is 1. The molecule has 0 amide bonds. The van der Waals surface area contributed by atoms with E-state index in [1.807, 2.05) is 19.1 Å². The maximum atomic E-state index is 9.60. The molecule has 0 bridgehead atoms. The average molecular weight is 191 g/mol. The van der Waals surface area contributed by atoms with Gasteiger partial charge in [-0.25, -0.2) is 0 Å². The number of hydrogen-bond donors (Lipinski definition) is 1. The van der Waals surface area contributed by atoms with Crippen LogP contribution in [0.25, 0.3) is 0 Å². The van der Waals surface area contributed by atoms with Crippen molar-refractivity contribution in [3.8, 4) is 11.8 Å². The minimum absolute atomic E-state index is 0.118. The second-order valence-electron chi connectivity index (χ2n) is 3.10. The molecule has 0 aliphatic rings. The molecule has 1 aromatic carbocycles. The molecule has 74 valence electrons. The molecule has 0 aliphatic carbocycles. The Hall–Kier alpha value is -1.53. The molecule has 14 heavy (non-hydrogen) atoms. The van der Waals surface area contributed by atoms with Gasteiger partial charge < -0.3 is 9.84 Å². The molecule has 1 aromatic rings. The van der Waals surface area contributed by atoms with E-state index in [4.69, 9.17) is 10.00 Å². The Bertz CT molecular complexity index is 355. The molecule has 0 spiro atoms. The van der Waals surface area contributed by atoms with Gasteiger partial charge in [0.2, 0.25) is 0 Å². The highest BCUT2D eigenvalue weighted by Crippen LogP contribution is 2.23. The Morgan fingerprint density at radius 3 is 2.79 bits per heavy atom. The number of aliphatic hydroxyl groups excluding tert-OH is 1. The van der Waals surface area contributed by atoms with Gasteiger partial charge in [-0.15, -0.1) is 0 Å². The third-order valence-corrected chi connectivity index (χ3v) is 2.12. The fraction of sp³-hybridized carbons (Fsp3) is 0.364. The van der Waals surface area contributed by atoms with E-state index in [9.17, 15) is 5.11 Å². The van der Waals surface area contributed by atoms with Crippen LogP contribution in [0.15, 0.2) is 18.2 Å². The predicted molar refractivity (Wildman–Crippen MR) is 52.9 cm³/mol. The predicted octanol–water partition coefficient (Wildman–Crippen LogP) is 1.95. The first kappa shape index (κ1) is 10.6. The van der Waals surface area contributed by atoms with Crippen molar-refractivity contribution in [2.75, 3.05) is 7.11 Å². The quantitative estimate of drug-likeness (QED) is 0.794. The Morgan fingerprint density at radius 1 is 1.57 bits per heavy atom. The Labute approximate surface area is 83.6 Å². The van der Waals surface area contributed by atoms with E-state index in [2.05, 4.69) is 0 Å². The molecular weight excluding hydrogens is 178 g/mol. The summed E-state index contributed by atoms with van der Waals surface area (Å²) in [7, 11) is 1.60. The van der Waals surface area contributed by atoms with Crippen LogP contribution >= 0.6 is 0 Å². The zero-order valence-electron chi connectivity index (χ0n) is 8.32. The molecular formula is C11H13NO2. The van der Waals surface area contributed by atoms with Crippen LogP contribution in [-0.4, -0.2) is 12.2 Å². The van der Waals surface area contributed by atoms with Gasteiger partial charge in [-0.05, 0) is 30.2 Å². The third-order valence-electron chi connectivity index (χ3n) is 2.12. The summed E-state index contributed by atoms with van der Waals surface area (Å²) in [4.78, 5) is 0. The number of nitriles is 1. The Kier molecular flexibility index (Phi) is 3.49. The first-order valence-electron chi connectivity index (χ1n) is 4.38. The summed E-state index contributed by atoms with van der Waals surface area (Å²) in [6.07, 6.45) is -0.585.